The third-order valence-electron chi connectivity index (χ3n) is 3.36. The molecule has 3 nitrogen and oxygen atoms in total. The molecule has 0 atom stereocenters. The second-order valence-corrected chi connectivity index (χ2v) is 5.14. The first-order valence-corrected chi connectivity index (χ1v) is 7.55. The van der Waals surface area contributed by atoms with Crippen LogP contribution in [0.15, 0.2) is 78.8 Å². The summed E-state index contributed by atoms with van der Waals surface area (Å²) in [4.78, 5) is 11.5. The van der Waals surface area contributed by atoms with Gasteiger partial charge in [0.2, 0.25) is 0 Å². The highest BCUT2D eigenvalue weighted by atomic mass is 16.5. The Labute approximate surface area is 145 Å². The first-order valence-electron chi connectivity index (χ1n) is 9.05. The van der Waals surface area contributed by atoms with Gasteiger partial charge >= 0.3 is 0 Å². The van der Waals surface area contributed by atoms with Crippen LogP contribution in [0.2, 0.25) is 0 Å². The third-order valence-corrected chi connectivity index (χ3v) is 3.36. The van der Waals surface area contributed by atoms with Crippen LogP contribution in [-0.4, -0.2) is 6.26 Å². The first kappa shape index (κ1) is 12.4. The highest BCUT2D eigenvalue weighted by molar-refractivity contribution is 5.76. The van der Waals surface area contributed by atoms with Gasteiger partial charge in [0.05, 0.1) is 2.74 Å². The van der Waals surface area contributed by atoms with Crippen molar-refractivity contribution in [3.05, 3.63) is 95.5 Å². The predicted octanol–water partition coefficient (Wildman–Crippen LogP) is 4.66. The molecule has 3 aromatic carbocycles. The maximum absolute atomic E-state index is 11.5. The van der Waals surface area contributed by atoms with E-state index in [2.05, 4.69) is 0 Å². The number of hydrogen-bond acceptors (Lipinski definition) is 3. The summed E-state index contributed by atoms with van der Waals surface area (Å²) in [5.74, 6) is 0.0858. The van der Waals surface area contributed by atoms with Gasteiger partial charge < -0.3 is 9.47 Å². The van der Waals surface area contributed by atoms with Crippen LogP contribution < -0.4 is 9.47 Å². The summed E-state index contributed by atoms with van der Waals surface area (Å²) in [5.41, 5.74) is 1.59. The number of ether oxygens (including phenoxy) is 2. The fourth-order valence-corrected chi connectivity index (χ4v) is 2.14. The van der Waals surface area contributed by atoms with E-state index in [0.29, 0.717) is 0 Å². The lowest BCUT2D eigenvalue weighted by Gasteiger charge is -2.13. The average Bonchev–Trinajstić information content (AvgIpc) is 2.68. The van der Waals surface area contributed by atoms with E-state index >= 15 is 0 Å². The van der Waals surface area contributed by atoms with E-state index in [0.717, 1.165) is 11.1 Å². The Morgan fingerprint density at radius 3 is 1.92 bits per heavy atom. The molecule has 0 radical (unpaired) electrons. The van der Waals surface area contributed by atoms with Gasteiger partial charge in [-0.3, -0.25) is 4.79 Å². The molecule has 0 saturated carbocycles. The lowest BCUT2D eigenvalue weighted by molar-refractivity contribution is 0.112. The Morgan fingerprint density at radius 1 is 0.833 bits per heavy atom. The van der Waals surface area contributed by atoms with Crippen molar-refractivity contribution >= 4 is 6.26 Å². The minimum atomic E-state index is -1.03. The fraction of sp³-hybridized carbons (Fsp3) is 0.0952. The quantitative estimate of drug-likeness (QED) is 0.594. The largest absolute Gasteiger partial charge is 0.485 e. The van der Waals surface area contributed by atoms with Crippen LogP contribution in [0.3, 0.4) is 0 Å². The van der Waals surface area contributed by atoms with Crippen LogP contribution >= 0.6 is 0 Å². The Hall–Kier alpha value is -3.07. The van der Waals surface area contributed by atoms with E-state index < -0.39 is 6.26 Å². The van der Waals surface area contributed by atoms with Crippen molar-refractivity contribution in [3.8, 4) is 11.5 Å². The molecule has 3 rings (SSSR count). The number of hydrogen-bond donors (Lipinski definition) is 0. The summed E-state index contributed by atoms with van der Waals surface area (Å²) in [6.07, 6.45) is -1.03. The van der Waals surface area contributed by atoms with E-state index in [4.69, 9.17) is 13.6 Å². The molecule has 0 aromatic heterocycles. The molecule has 24 heavy (non-hydrogen) atoms. The molecule has 0 spiro atoms. The van der Waals surface area contributed by atoms with E-state index in [-0.39, 0.29) is 42.4 Å². The molecule has 0 aliphatic carbocycles. The molecule has 0 saturated heterocycles. The molecule has 0 unspecified atom stereocenters. The zero-order valence-corrected chi connectivity index (χ0v) is 13.0. The normalized spacial score (nSPS) is 11.9. The zero-order chi connectivity index (χ0) is 19.2. The predicted molar refractivity (Wildman–Crippen MR) is 93.4 cm³/mol. The summed E-state index contributed by atoms with van der Waals surface area (Å²) >= 11 is 0. The molecule has 0 bridgehead atoms. The molecular formula is C21H18O3. The van der Waals surface area contributed by atoms with Crippen LogP contribution in [0.25, 0.3) is 0 Å². The third kappa shape index (κ3) is 4.23. The van der Waals surface area contributed by atoms with Crippen molar-refractivity contribution in [2.45, 2.75) is 13.2 Å². The number of carbonyl (C=O) groups is 1. The van der Waals surface area contributed by atoms with Gasteiger partial charge in [-0.25, -0.2) is 0 Å². The molecule has 0 amide bonds. The van der Waals surface area contributed by atoms with E-state index in [1.807, 2.05) is 60.7 Å². The second-order valence-electron chi connectivity index (χ2n) is 5.14. The number of carbonyl (C=O) groups excluding carboxylic acids is 1. The maximum atomic E-state index is 11.5. The topological polar surface area (TPSA) is 35.5 Å². The molecule has 0 fully saturated rings. The van der Waals surface area contributed by atoms with E-state index in [1.165, 1.54) is 6.07 Å². The number of rotatable bonds is 7. The van der Waals surface area contributed by atoms with Gasteiger partial charge in [0.1, 0.15) is 20.8 Å². The van der Waals surface area contributed by atoms with E-state index in [9.17, 15) is 4.79 Å². The maximum Gasteiger partial charge on any atom is 0.162 e. The average molecular weight is 321 g/mol. The lowest BCUT2D eigenvalue weighted by atomic mass is 10.2. The highest BCUT2D eigenvalue weighted by Crippen LogP contribution is 2.29. The second kappa shape index (κ2) is 7.97. The molecule has 0 N–H and O–H groups in total. The number of aldehydes is 1. The van der Waals surface area contributed by atoms with Crippen molar-refractivity contribution in [1.82, 2.24) is 0 Å². The van der Waals surface area contributed by atoms with Crippen LogP contribution in [0.4, 0.5) is 0 Å². The summed E-state index contributed by atoms with van der Waals surface area (Å²) in [5, 5.41) is 0. The van der Waals surface area contributed by atoms with Gasteiger partial charge in [-0.15, -0.1) is 0 Å². The van der Waals surface area contributed by atoms with Crippen LogP contribution in [0, 0.1) is 0 Å². The minimum absolute atomic E-state index is 0.00196. The van der Waals surface area contributed by atoms with Gasteiger partial charge in [-0.2, -0.15) is 0 Å². The van der Waals surface area contributed by atoms with Crippen LogP contribution in [-0.2, 0) is 13.2 Å². The monoisotopic (exact) mass is 321 g/mol. The van der Waals surface area contributed by atoms with Gasteiger partial charge in [-0.1, -0.05) is 60.7 Å². The fourth-order valence-electron chi connectivity index (χ4n) is 2.14. The molecular weight excluding hydrogens is 300 g/mol. The SMILES string of the molecule is [2H]C(=O)c1cc([2H])c(OCc2ccccc2)c(OCc2ccccc2)c1[2H]. The number of benzene rings is 3. The summed E-state index contributed by atoms with van der Waals surface area (Å²) in [7, 11) is 0. The lowest BCUT2D eigenvalue weighted by Crippen LogP contribution is -2.01. The molecule has 120 valence electrons. The van der Waals surface area contributed by atoms with Crippen molar-refractivity contribution in [2.75, 3.05) is 0 Å². The highest BCUT2D eigenvalue weighted by Gasteiger charge is 2.08. The van der Waals surface area contributed by atoms with Crippen molar-refractivity contribution in [2.24, 2.45) is 0 Å². The van der Waals surface area contributed by atoms with Crippen molar-refractivity contribution < 1.29 is 18.4 Å². The van der Waals surface area contributed by atoms with Crippen LogP contribution in [0.1, 0.15) is 25.6 Å². The molecule has 3 aromatic rings. The molecule has 0 heterocycles. The summed E-state index contributed by atoms with van der Waals surface area (Å²) < 4.78 is 35.2. The van der Waals surface area contributed by atoms with Crippen molar-refractivity contribution in [1.29, 1.82) is 0 Å². The van der Waals surface area contributed by atoms with Gasteiger partial charge in [0.25, 0.3) is 0 Å². The Balaban J connectivity index is 1.92. The first-order chi connectivity index (χ1) is 13.1. The Kier molecular flexibility index (Phi) is 4.11. The summed E-state index contributed by atoms with van der Waals surface area (Å²) in [6, 6.07) is 19.6. The molecule has 0 aliphatic heterocycles. The standard InChI is InChI=1S/C21H18O3/c22-14-19-11-12-20(23-15-17-7-3-1-4-8-17)21(13-19)24-16-18-9-5-2-6-10-18/h1-14H,15-16H2/i12D,13D,14D. The van der Waals surface area contributed by atoms with Gasteiger partial charge in [0, 0.05) is 5.56 Å². The van der Waals surface area contributed by atoms with Crippen LogP contribution in [0.5, 0.6) is 11.5 Å². The molecule has 3 heteroatoms. The van der Waals surface area contributed by atoms with Gasteiger partial charge in [-0.05, 0) is 29.3 Å². The Morgan fingerprint density at radius 2 is 1.38 bits per heavy atom. The molecule has 0 aliphatic rings. The zero-order valence-electron chi connectivity index (χ0n) is 16.0. The van der Waals surface area contributed by atoms with Gasteiger partial charge in [0.15, 0.2) is 11.5 Å². The minimum Gasteiger partial charge on any atom is -0.485 e. The van der Waals surface area contributed by atoms with E-state index in [1.54, 1.807) is 0 Å². The smallest absolute Gasteiger partial charge is 0.162 e. The van der Waals surface area contributed by atoms with Crippen molar-refractivity contribution in [3.63, 3.8) is 0 Å². The summed E-state index contributed by atoms with van der Waals surface area (Å²) in [6.45, 7) is 0.353. The Bertz CT molecular complexity index is 928.